The summed E-state index contributed by atoms with van der Waals surface area (Å²) in [6, 6.07) is -0.000972. The molecule has 0 saturated heterocycles. The highest BCUT2D eigenvalue weighted by molar-refractivity contribution is 5.16. The normalized spacial score (nSPS) is 30.3. The highest BCUT2D eigenvalue weighted by Gasteiger charge is 2.43. The molecule has 1 saturated carbocycles. The van der Waals surface area contributed by atoms with Gasteiger partial charge in [-0.15, -0.1) is 0 Å². The minimum atomic E-state index is -0.213. The Bertz CT molecular complexity index is 392. The number of hydrogen-bond donors (Lipinski definition) is 2. The zero-order valence-electron chi connectivity index (χ0n) is 11.5. The van der Waals surface area contributed by atoms with Crippen LogP contribution in [0.4, 0.5) is 0 Å². The van der Waals surface area contributed by atoms with Crippen molar-refractivity contribution in [3.8, 4) is 0 Å². The van der Waals surface area contributed by atoms with E-state index in [4.69, 9.17) is 10.6 Å². The number of aromatic nitrogens is 2. The molecule has 5 nitrogen and oxygen atoms in total. The first kappa shape index (κ1) is 13.5. The molecule has 1 aromatic rings. The summed E-state index contributed by atoms with van der Waals surface area (Å²) in [5.41, 5.74) is 3.82. The largest absolute Gasteiger partial charge is 0.376 e. The monoisotopic (exact) mass is 252 g/mol. The topological polar surface area (TPSA) is 65.1 Å². The predicted octanol–water partition coefficient (Wildman–Crippen LogP) is 1.52. The van der Waals surface area contributed by atoms with E-state index < -0.39 is 0 Å². The summed E-state index contributed by atoms with van der Waals surface area (Å²) in [7, 11) is 3.71. The zero-order valence-corrected chi connectivity index (χ0v) is 11.5. The van der Waals surface area contributed by atoms with Gasteiger partial charge < -0.3 is 4.74 Å². The van der Waals surface area contributed by atoms with Crippen molar-refractivity contribution >= 4 is 0 Å². The number of nitrogens with two attached hydrogens (primary N) is 1. The van der Waals surface area contributed by atoms with Gasteiger partial charge in [0.1, 0.15) is 0 Å². The van der Waals surface area contributed by atoms with Crippen molar-refractivity contribution in [2.75, 3.05) is 7.11 Å². The van der Waals surface area contributed by atoms with E-state index in [9.17, 15) is 0 Å². The third-order valence-corrected chi connectivity index (χ3v) is 4.15. The van der Waals surface area contributed by atoms with Crippen LogP contribution in [-0.2, 0) is 11.8 Å². The summed E-state index contributed by atoms with van der Waals surface area (Å²) >= 11 is 0. The predicted molar refractivity (Wildman–Crippen MR) is 70.6 cm³/mol. The fraction of sp³-hybridized carbons (Fsp3) is 0.769. The second kappa shape index (κ2) is 5.38. The van der Waals surface area contributed by atoms with Crippen LogP contribution in [0.1, 0.15) is 44.2 Å². The van der Waals surface area contributed by atoms with Crippen LogP contribution in [0.2, 0.25) is 0 Å². The van der Waals surface area contributed by atoms with Crippen molar-refractivity contribution in [1.29, 1.82) is 0 Å². The van der Waals surface area contributed by atoms with E-state index in [2.05, 4.69) is 17.4 Å². The van der Waals surface area contributed by atoms with Gasteiger partial charge in [-0.05, 0) is 18.8 Å². The van der Waals surface area contributed by atoms with E-state index in [0.717, 1.165) is 18.4 Å². The number of hydrazine groups is 1. The molecule has 0 aromatic carbocycles. The van der Waals surface area contributed by atoms with Gasteiger partial charge in [-0.2, -0.15) is 5.10 Å². The molecule has 0 bridgehead atoms. The third kappa shape index (κ3) is 2.43. The number of aryl methyl sites for hydroxylation is 1. The fourth-order valence-electron chi connectivity index (χ4n) is 3.25. The fourth-order valence-corrected chi connectivity index (χ4v) is 3.25. The highest BCUT2D eigenvalue weighted by atomic mass is 16.5. The van der Waals surface area contributed by atoms with Gasteiger partial charge in [0, 0.05) is 25.9 Å². The van der Waals surface area contributed by atoms with Crippen LogP contribution in [0.3, 0.4) is 0 Å². The number of nitrogens with one attached hydrogen (secondary N) is 1. The van der Waals surface area contributed by atoms with E-state index in [1.165, 1.54) is 12.8 Å². The van der Waals surface area contributed by atoms with Gasteiger partial charge in [-0.1, -0.05) is 19.8 Å². The molecule has 3 unspecified atom stereocenters. The van der Waals surface area contributed by atoms with Gasteiger partial charge in [0.25, 0.3) is 0 Å². The van der Waals surface area contributed by atoms with Crippen LogP contribution >= 0.6 is 0 Å². The molecule has 1 aliphatic carbocycles. The summed E-state index contributed by atoms with van der Waals surface area (Å²) in [5, 5.41) is 4.23. The van der Waals surface area contributed by atoms with Gasteiger partial charge in [0.2, 0.25) is 0 Å². The first-order valence-corrected chi connectivity index (χ1v) is 6.61. The average Bonchev–Trinajstić information content (AvgIpc) is 2.76. The number of rotatable bonds is 4. The standard InChI is InChI=1S/C13H24N4O/c1-10-5-4-6-13(7-10,18-3)12(16-14)11-8-15-17(2)9-11/h8-10,12,16H,4-7,14H2,1-3H3. The minimum Gasteiger partial charge on any atom is -0.376 e. The lowest BCUT2D eigenvalue weighted by molar-refractivity contribution is -0.0806. The molecule has 3 atom stereocenters. The van der Waals surface area contributed by atoms with Crippen molar-refractivity contribution < 1.29 is 4.74 Å². The molecule has 0 spiro atoms. The Morgan fingerprint density at radius 1 is 1.67 bits per heavy atom. The molecule has 1 aliphatic rings. The second-order valence-corrected chi connectivity index (χ2v) is 5.52. The molecule has 3 N–H and O–H groups in total. The number of ether oxygens (including phenoxy) is 1. The van der Waals surface area contributed by atoms with Gasteiger partial charge in [-0.25, -0.2) is 5.43 Å². The summed E-state index contributed by atoms with van der Waals surface area (Å²) in [6.07, 6.45) is 8.41. The Kier molecular flexibility index (Phi) is 4.04. The first-order valence-electron chi connectivity index (χ1n) is 6.61. The van der Waals surface area contributed by atoms with Crippen LogP contribution in [0.5, 0.6) is 0 Å². The summed E-state index contributed by atoms with van der Waals surface area (Å²) in [6.45, 7) is 2.28. The van der Waals surface area contributed by atoms with E-state index in [0.29, 0.717) is 5.92 Å². The summed E-state index contributed by atoms with van der Waals surface area (Å²) < 4.78 is 7.69. The third-order valence-electron chi connectivity index (χ3n) is 4.15. The highest BCUT2D eigenvalue weighted by Crippen LogP contribution is 2.42. The van der Waals surface area contributed by atoms with E-state index in [1.54, 1.807) is 11.8 Å². The maximum absolute atomic E-state index is 5.89. The first-order chi connectivity index (χ1) is 8.61. The van der Waals surface area contributed by atoms with Crippen molar-refractivity contribution in [3.05, 3.63) is 18.0 Å². The second-order valence-electron chi connectivity index (χ2n) is 5.52. The molecule has 18 heavy (non-hydrogen) atoms. The molecular formula is C13H24N4O. The Labute approximate surface area is 109 Å². The van der Waals surface area contributed by atoms with Crippen LogP contribution in [0, 0.1) is 5.92 Å². The Morgan fingerprint density at radius 3 is 2.94 bits per heavy atom. The van der Waals surface area contributed by atoms with Gasteiger partial charge in [0.05, 0.1) is 17.8 Å². The molecule has 5 heteroatoms. The van der Waals surface area contributed by atoms with Crippen LogP contribution < -0.4 is 11.3 Å². The molecule has 0 amide bonds. The lowest BCUT2D eigenvalue weighted by atomic mass is 9.73. The maximum Gasteiger partial charge on any atom is 0.0889 e. The molecule has 102 valence electrons. The Morgan fingerprint density at radius 2 is 2.44 bits per heavy atom. The Balaban J connectivity index is 2.28. The SMILES string of the molecule is COC1(C(NN)c2cnn(C)c2)CCCC(C)C1. The summed E-state index contributed by atoms with van der Waals surface area (Å²) in [5.74, 6) is 6.46. The zero-order chi connectivity index (χ0) is 13.2. The molecule has 2 rings (SSSR count). The van der Waals surface area contributed by atoms with Crippen molar-refractivity contribution in [1.82, 2.24) is 15.2 Å². The van der Waals surface area contributed by atoms with Gasteiger partial charge in [-0.3, -0.25) is 10.5 Å². The number of hydrogen-bond acceptors (Lipinski definition) is 4. The maximum atomic E-state index is 5.89. The molecule has 0 aliphatic heterocycles. The Hall–Kier alpha value is -0.910. The van der Waals surface area contributed by atoms with Crippen molar-refractivity contribution in [3.63, 3.8) is 0 Å². The van der Waals surface area contributed by atoms with E-state index in [1.807, 2.05) is 19.4 Å². The van der Waals surface area contributed by atoms with Crippen LogP contribution in [-0.4, -0.2) is 22.5 Å². The molecule has 1 aromatic heterocycles. The van der Waals surface area contributed by atoms with E-state index in [-0.39, 0.29) is 11.6 Å². The van der Waals surface area contributed by atoms with Crippen molar-refractivity contribution in [2.24, 2.45) is 18.8 Å². The van der Waals surface area contributed by atoms with Crippen molar-refractivity contribution in [2.45, 2.75) is 44.2 Å². The number of methoxy groups -OCH3 is 1. The molecular weight excluding hydrogens is 228 g/mol. The number of nitrogens with zero attached hydrogens (tertiary/aromatic N) is 2. The molecule has 1 fully saturated rings. The summed E-state index contributed by atoms with van der Waals surface area (Å²) in [4.78, 5) is 0. The lowest BCUT2D eigenvalue weighted by Crippen LogP contribution is -2.50. The van der Waals surface area contributed by atoms with Crippen LogP contribution in [0.25, 0.3) is 0 Å². The lowest BCUT2D eigenvalue weighted by Gasteiger charge is -2.44. The molecule has 1 heterocycles. The minimum absolute atomic E-state index is 0.000972. The van der Waals surface area contributed by atoms with Gasteiger partial charge >= 0.3 is 0 Å². The quantitative estimate of drug-likeness (QED) is 0.630. The van der Waals surface area contributed by atoms with Crippen LogP contribution in [0.15, 0.2) is 12.4 Å². The molecule has 0 radical (unpaired) electrons. The smallest absolute Gasteiger partial charge is 0.0889 e. The van der Waals surface area contributed by atoms with Gasteiger partial charge in [0.15, 0.2) is 0 Å². The van der Waals surface area contributed by atoms with E-state index >= 15 is 0 Å². The average molecular weight is 252 g/mol.